The highest BCUT2D eigenvalue weighted by atomic mass is 19.1. The maximum Gasteiger partial charge on any atom is 0.137 e. The van der Waals surface area contributed by atoms with Crippen LogP contribution < -0.4 is 0 Å². The Kier molecular flexibility index (Phi) is 4.04. The van der Waals surface area contributed by atoms with Gasteiger partial charge in [0.05, 0.1) is 17.6 Å². The second-order valence-corrected chi connectivity index (χ2v) is 7.44. The molecule has 150 valence electrons. The van der Waals surface area contributed by atoms with Crippen molar-refractivity contribution in [3.63, 3.8) is 0 Å². The van der Waals surface area contributed by atoms with Gasteiger partial charge in [-0.2, -0.15) is 10.2 Å². The Labute approximate surface area is 171 Å². The number of hydrogen-bond donors (Lipinski definition) is 3. The molecule has 3 N–H and O–H groups in total. The van der Waals surface area contributed by atoms with Crippen LogP contribution in [-0.2, 0) is 12.6 Å². The molecule has 5 rings (SSSR count). The zero-order valence-electron chi connectivity index (χ0n) is 16.4. The van der Waals surface area contributed by atoms with Gasteiger partial charge in [0.15, 0.2) is 0 Å². The zero-order valence-corrected chi connectivity index (χ0v) is 16.4. The van der Waals surface area contributed by atoms with Crippen molar-refractivity contribution in [2.24, 2.45) is 7.05 Å². The fourth-order valence-corrected chi connectivity index (χ4v) is 3.65. The number of benzene rings is 1. The van der Waals surface area contributed by atoms with E-state index >= 15 is 0 Å². The van der Waals surface area contributed by atoms with Crippen LogP contribution in [0.5, 0.6) is 0 Å². The molecular weight excluding hydrogens is 383 g/mol. The van der Waals surface area contributed by atoms with Crippen molar-refractivity contribution in [3.05, 3.63) is 78.3 Å². The summed E-state index contributed by atoms with van der Waals surface area (Å²) >= 11 is 0. The van der Waals surface area contributed by atoms with Crippen LogP contribution in [0.15, 0.2) is 61.2 Å². The van der Waals surface area contributed by atoms with Gasteiger partial charge >= 0.3 is 0 Å². The number of aliphatic hydroxyl groups is 1. The van der Waals surface area contributed by atoms with Crippen LogP contribution in [0, 0.1) is 5.82 Å². The summed E-state index contributed by atoms with van der Waals surface area (Å²) in [6, 6.07) is 9.92. The summed E-state index contributed by atoms with van der Waals surface area (Å²) in [5.74, 6) is -0.476. The van der Waals surface area contributed by atoms with E-state index in [0.717, 1.165) is 27.7 Å². The van der Waals surface area contributed by atoms with Crippen molar-refractivity contribution < 1.29 is 9.50 Å². The molecule has 30 heavy (non-hydrogen) atoms. The van der Waals surface area contributed by atoms with Crippen molar-refractivity contribution in [1.29, 1.82) is 0 Å². The molecule has 4 heterocycles. The molecule has 0 aliphatic rings. The predicted octanol–water partition coefficient (Wildman–Crippen LogP) is 3.75. The standard InChI is InChI=1S/C22H19FN6O/c1-22(30,17-5-3-4-6-18(17)23)20-8-19(27-28-20)16-11-25-21-15(16)7-13(9-24-21)14-10-26-29(2)12-14/h3-12,30H,1-2H3,(H,24,25)(H,27,28). The van der Waals surface area contributed by atoms with Gasteiger partial charge in [0.25, 0.3) is 0 Å². The number of halogens is 1. The number of nitrogens with zero attached hydrogens (tertiary/aromatic N) is 4. The number of H-pyrrole nitrogens is 2. The Balaban J connectivity index is 1.57. The minimum absolute atomic E-state index is 0.180. The van der Waals surface area contributed by atoms with Crippen LogP contribution in [0.25, 0.3) is 33.4 Å². The van der Waals surface area contributed by atoms with E-state index in [1.807, 2.05) is 25.5 Å². The number of hydrogen-bond acceptors (Lipinski definition) is 4. The number of rotatable bonds is 4. The predicted molar refractivity (Wildman–Crippen MR) is 111 cm³/mol. The van der Waals surface area contributed by atoms with Crippen LogP contribution in [0.4, 0.5) is 4.39 Å². The minimum atomic E-state index is -1.55. The molecule has 0 aliphatic carbocycles. The normalized spacial score (nSPS) is 13.6. The molecule has 0 radical (unpaired) electrons. The van der Waals surface area contributed by atoms with E-state index in [2.05, 4.69) is 25.3 Å². The van der Waals surface area contributed by atoms with Crippen LogP contribution in [0.3, 0.4) is 0 Å². The molecule has 7 nitrogen and oxygen atoms in total. The third-order valence-corrected chi connectivity index (χ3v) is 5.35. The smallest absolute Gasteiger partial charge is 0.137 e. The van der Waals surface area contributed by atoms with Gasteiger partial charge in [-0.25, -0.2) is 9.37 Å². The Morgan fingerprint density at radius 1 is 1.13 bits per heavy atom. The molecule has 0 fully saturated rings. The van der Waals surface area contributed by atoms with E-state index in [1.165, 1.54) is 6.07 Å². The Morgan fingerprint density at radius 2 is 1.97 bits per heavy atom. The van der Waals surface area contributed by atoms with Gasteiger partial charge in [-0.3, -0.25) is 9.78 Å². The topological polar surface area (TPSA) is 95.4 Å². The maximum atomic E-state index is 14.3. The highest BCUT2D eigenvalue weighted by molar-refractivity contribution is 5.94. The van der Waals surface area contributed by atoms with E-state index in [9.17, 15) is 9.50 Å². The third kappa shape index (κ3) is 2.89. The summed E-state index contributed by atoms with van der Waals surface area (Å²) in [6.45, 7) is 1.54. The van der Waals surface area contributed by atoms with Gasteiger partial charge in [-0.15, -0.1) is 0 Å². The molecule has 1 unspecified atom stereocenters. The largest absolute Gasteiger partial charge is 0.379 e. The molecule has 0 saturated carbocycles. The first kappa shape index (κ1) is 18.3. The number of nitrogens with one attached hydrogen (secondary N) is 2. The lowest BCUT2D eigenvalue weighted by molar-refractivity contribution is 0.0931. The van der Waals surface area contributed by atoms with Gasteiger partial charge in [-0.1, -0.05) is 18.2 Å². The summed E-state index contributed by atoms with van der Waals surface area (Å²) in [5.41, 5.74) is 3.10. The summed E-state index contributed by atoms with van der Waals surface area (Å²) < 4.78 is 16.0. The summed E-state index contributed by atoms with van der Waals surface area (Å²) in [7, 11) is 1.86. The molecule has 0 amide bonds. The minimum Gasteiger partial charge on any atom is -0.379 e. The van der Waals surface area contributed by atoms with Gasteiger partial charge in [-0.05, 0) is 25.1 Å². The zero-order chi connectivity index (χ0) is 20.9. The van der Waals surface area contributed by atoms with Crippen molar-refractivity contribution in [2.45, 2.75) is 12.5 Å². The second-order valence-electron chi connectivity index (χ2n) is 7.44. The molecule has 0 spiro atoms. The first-order chi connectivity index (χ1) is 14.4. The molecule has 0 saturated heterocycles. The number of aryl methyl sites for hydroxylation is 1. The van der Waals surface area contributed by atoms with Crippen molar-refractivity contribution >= 4 is 11.0 Å². The molecule has 4 aromatic heterocycles. The second kappa shape index (κ2) is 6.64. The third-order valence-electron chi connectivity index (χ3n) is 5.35. The van der Waals surface area contributed by atoms with Crippen LogP contribution in [-0.4, -0.2) is 35.1 Å². The summed E-state index contributed by atoms with van der Waals surface area (Å²) in [6.07, 6.45) is 7.32. The van der Waals surface area contributed by atoms with Crippen molar-refractivity contribution in [1.82, 2.24) is 29.9 Å². The Hall–Kier alpha value is -3.78. The van der Waals surface area contributed by atoms with E-state index in [4.69, 9.17) is 0 Å². The highest BCUT2D eigenvalue weighted by Gasteiger charge is 2.31. The molecule has 5 aromatic rings. The van der Waals surface area contributed by atoms with Gasteiger partial charge in [0.2, 0.25) is 0 Å². The van der Waals surface area contributed by atoms with Gasteiger partial charge in [0.1, 0.15) is 17.1 Å². The average molecular weight is 402 g/mol. The van der Waals surface area contributed by atoms with Crippen LogP contribution in [0.2, 0.25) is 0 Å². The van der Waals surface area contributed by atoms with Crippen LogP contribution >= 0.6 is 0 Å². The summed E-state index contributed by atoms with van der Waals surface area (Å²) in [4.78, 5) is 7.65. The highest BCUT2D eigenvalue weighted by Crippen LogP contribution is 2.34. The SMILES string of the molecule is Cn1cc(-c2cnc3[nH]cc(-c4cc(C(C)(O)c5ccccc5F)[nH]n4)c3c2)cn1. The first-order valence-electron chi connectivity index (χ1n) is 9.43. The molecule has 1 aromatic carbocycles. The fourth-order valence-electron chi connectivity index (χ4n) is 3.65. The van der Waals surface area contributed by atoms with Gasteiger partial charge < -0.3 is 10.1 Å². The van der Waals surface area contributed by atoms with Crippen LogP contribution in [0.1, 0.15) is 18.2 Å². The van der Waals surface area contributed by atoms with E-state index in [1.54, 1.807) is 48.3 Å². The number of aromatic amines is 2. The van der Waals surface area contributed by atoms with E-state index < -0.39 is 11.4 Å². The molecule has 8 heteroatoms. The van der Waals surface area contributed by atoms with Crippen molar-refractivity contribution in [2.75, 3.05) is 0 Å². The van der Waals surface area contributed by atoms with Gasteiger partial charge in [0, 0.05) is 53.3 Å². The Morgan fingerprint density at radius 3 is 2.73 bits per heavy atom. The average Bonchev–Trinajstić information content (AvgIpc) is 3.46. The fraction of sp³-hybridized carbons (Fsp3) is 0.136. The lowest BCUT2D eigenvalue weighted by Crippen LogP contribution is -2.24. The number of fused-ring (bicyclic) bond motifs is 1. The molecule has 1 atom stereocenters. The lowest BCUT2D eigenvalue weighted by Gasteiger charge is -2.22. The number of pyridine rings is 1. The first-order valence-corrected chi connectivity index (χ1v) is 9.43. The van der Waals surface area contributed by atoms with E-state index in [-0.39, 0.29) is 5.56 Å². The molecule has 0 bridgehead atoms. The van der Waals surface area contributed by atoms with E-state index in [0.29, 0.717) is 11.4 Å². The maximum absolute atomic E-state index is 14.3. The monoisotopic (exact) mass is 402 g/mol. The quantitative estimate of drug-likeness (QED) is 0.427. The molecular formula is C22H19FN6O. The lowest BCUT2D eigenvalue weighted by atomic mass is 9.91. The molecule has 0 aliphatic heterocycles. The Bertz CT molecular complexity index is 1360. The summed E-state index contributed by atoms with van der Waals surface area (Å²) in [5, 5.41) is 23.3. The number of aromatic nitrogens is 6. The van der Waals surface area contributed by atoms with Crippen molar-refractivity contribution in [3.8, 4) is 22.4 Å².